The summed E-state index contributed by atoms with van der Waals surface area (Å²) in [5, 5.41) is 9.41. The summed E-state index contributed by atoms with van der Waals surface area (Å²) in [5.74, 6) is 0. The van der Waals surface area contributed by atoms with Crippen LogP contribution in [-0.4, -0.2) is 53.9 Å². The van der Waals surface area contributed by atoms with Gasteiger partial charge >= 0.3 is 0 Å². The summed E-state index contributed by atoms with van der Waals surface area (Å²) >= 11 is 0. The third-order valence-corrected chi connectivity index (χ3v) is 6.21. The van der Waals surface area contributed by atoms with Crippen molar-refractivity contribution >= 4 is 10.2 Å². The molecule has 1 saturated heterocycles. The third kappa shape index (κ3) is 3.48. The molecule has 6 heteroatoms. The Morgan fingerprint density at radius 2 is 2.00 bits per heavy atom. The van der Waals surface area contributed by atoms with E-state index in [9.17, 15) is 13.5 Å². The van der Waals surface area contributed by atoms with E-state index in [2.05, 4.69) is 6.92 Å². The standard InChI is InChI=1S/C13H26N2O3S/c1-2-3-9-14(12-7-8-12)19(17,18)15-10-5-4-6-13(15)11-16/h12-13,16H,2-11H2,1H3. The predicted molar refractivity (Wildman–Crippen MR) is 75.0 cm³/mol. The van der Waals surface area contributed by atoms with E-state index in [4.69, 9.17) is 0 Å². The van der Waals surface area contributed by atoms with Gasteiger partial charge in [-0.3, -0.25) is 0 Å². The lowest BCUT2D eigenvalue weighted by Crippen LogP contribution is -2.52. The Bertz CT molecular complexity index is 381. The van der Waals surface area contributed by atoms with Crippen molar-refractivity contribution in [2.75, 3.05) is 19.7 Å². The van der Waals surface area contributed by atoms with Crippen LogP contribution in [0.15, 0.2) is 0 Å². The lowest BCUT2D eigenvalue weighted by atomic mass is 10.1. The molecule has 1 saturated carbocycles. The highest BCUT2D eigenvalue weighted by Crippen LogP contribution is 2.32. The first-order valence-corrected chi connectivity index (χ1v) is 8.90. The molecule has 2 aliphatic rings. The summed E-state index contributed by atoms with van der Waals surface area (Å²) in [5.41, 5.74) is 0. The molecule has 1 aliphatic heterocycles. The first-order valence-electron chi connectivity index (χ1n) is 7.50. The van der Waals surface area contributed by atoms with E-state index < -0.39 is 10.2 Å². The van der Waals surface area contributed by atoms with E-state index in [1.807, 2.05) is 0 Å². The van der Waals surface area contributed by atoms with Crippen molar-refractivity contribution in [1.82, 2.24) is 8.61 Å². The summed E-state index contributed by atoms with van der Waals surface area (Å²) in [6, 6.07) is -0.0144. The highest BCUT2D eigenvalue weighted by Gasteiger charge is 2.42. The topological polar surface area (TPSA) is 60.9 Å². The minimum absolute atomic E-state index is 0.0640. The molecule has 1 aliphatic carbocycles. The van der Waals surface area contributed by atoms with Gasteiger partial charge in [0.2, 0.25) is 0 Å². The number of rotatable bonds is 7. The van der Waals surface area contributed by atoms with Gasteiger partial charge in [0.1, 0.15) is 0 Å². The molecule has 0 aromatic heterocycles. The fraction of sp³-hybridized carbons (Fsp3) is 1.00. The first-order chi connectivity index (χ1) is 9.11. The zero-order chi connectivity index (χ0) is 13.9. The van der Waals surface area contributed by atoms with E-state index >= 15 is 0 Å². The fourth-order valence-electron chi connectivity index (χ4n) is 2.76. The highest BCUT2D eigenvalue weighted by atomic mass is 32.2. The second-order valence-corrected chi connectivity index (χ2v) is 7.48. The van der Waals surface area contributed by atoms with Crippen LogP contribution in [0.25, 0.3) is 0 Å². The second-order valence-electron chi connectivity index (χ2n) is 5.65. The Kier molecular flexibility index (Phi) is 5.22. The van der Waals surface area contributed by atoms with Crippen LogP contribution in [0.5, 0.6) is 0 Å². The fourth-order valence-corrected chi connectivity index (χ4v) is 4.88. The summed E-state index contributed by atoms with van der Waals surface area (Å²) in [7, 11) is -3.39. The molecule has 1 unspecified atom stereocenters. The van der Waals surface area contributed by atoms with Crippen LogP contribution in [-0.2, 0) is 10.2 Å². The van der Waals surface area contributed by atoms with Gasteiger partial charge in [0.05, 0.1) is 6.61 Å². The number of aliphatic hydroxyl groups is 1. The number of unbranched alkanes of at least 4 members (excludes halogenated alkanes) is 1. The molecule has 1 heterocycles. The van der Waals surface area contributed by atoms with Crippen molar-refractivity contribution in [1.29, 1.82) is 0 Å². The molecule has 0 amide bonds. The Morgan fingerprint density at radius 3 is 2.58 bits per heavy atom. The SMILES string of the molecule is CCCCN(C1CC1)S(=O)(=O)N1CCCCC1CO. The lowest BCUT2D eigenvalue weighted by molar-refractivity contribution is 0.147. The molecule has 0 radical (unpaired) electrons. The molecule has 2 rings (SSSR count). The molecule has 5 nitrogen and oxygen atoms in total. The van der Waals surface area contributed by atoms with Gasteiger partial charge in [-0.2, -0.15) is 17.0 Å². The molecule has 19 heavy (non-hydrogen) atoms. The van der Waals surface area contributed by atoms with E-state index in [1.54, 1.807) is 8.61 Å². The van der Waals surface area contributed by atoms with Gasteiger partial charge in [-0.15, -0.1) is 0 Å². The van der Waals surface area contributed by atoms with E-state index in [0.717, 1.165) is 44.9 Å². The second kappa shape index (κ2) is 6.52. The number of piperidine rings is 1. The van der Waals surface area contributed by atoms with E-state index in [-0.39, 0.29) is 18.7 Å². The zero-order valence-corrected chi connectivity index (χ0v) is 12.6. The average molecular weight is 290 g/mol. The Labute approximate surface area is 116 Å². The summed E-state index contributed by atoms with van der Waals surface area (Å²) in [4.78, 5) is 0. The molecule has 0 aromatic carbocycles. The maximum Gasteiger partial charge on any atom is 0.282 e. The predicted octanol–water partition coefficient (Wildman–Crippen LogP) is 1.34. The quantitative estimate of drug-likeness (QED) is 0.770. The van der Waals surface area contributed by atoms with Crippen molar-refractivity contribution in [3.8, 4) is 0 Å². The minimum atomic E-state index is -3.39. The van der Waals surface area contributed by atoms with Crippen LogP contribution in [0.1, 0.15) is 51.9 Å². The summed E-state index contributed by atoms with van der Waals surface area (Å²) < 4.78 is 28.8. The van der Waals surface area contributed by atoms with Gasteiger partial charge in [0.25, 0.3) is 10.2 Å². The van der Waals surface area contributed by atoms with Gasteiger partial charge in [0.15, 0.2) is 0 Å². The van der Waals surface area contributed by atoms with Crippen molar-refractivity contribution in [2.24, 2.45) is 0 Å². The van der Waals surface area contributed by atoms with Gasteiger partial charge < -0.3 is 5.11 Å². The van der Waals surface area contributed by atoms with Crippen LogP contribution in [0.2, 0.25) is 0 Å². The Hall–Kier alpha value is -0.170. The van der Waals surface area contributed by atoms with Gasteiger partial charge in [0, 0.05) is 25.2 Å². The van der Waals surface area contributed by atoms with Crippen LogP contribution in [0.4, 0.5) is 0 Å². The number of hydrogen-bond acceptors (Lipinski definition) is 3. The summed E-state index contributed by atoms with van der Waals surface area (Å²) in [6.45, 7) is 3.20. The van der Waals surface area contributed by atoms with Crippen molar-refractivity contribution < 1.29 is 13.5 Å². The van der Waals surface area contributed by atoms with Crippen molar-refractivity contribution in [3.05, 3.63) is 0 Å². The smallest absolute Gasteiger partial charge is 0.282 e. The number of hydrogen-bond donors (Lipinski definition) is 1. The minimum Gasteiger partial charge on any atom is -0.395 e. The summed E-state index contributed by atoms with van der Waals surface area (Å²) in [6.07, 6.45) is 6.58. The Balaban J connectivity index is 2.12. The van der Waals surface area contributed by atoms with Crippen LogP contribution in [0, 0.1) is 0 Å². The third-order valence-electron chi connectivity index (χ3n) is 4.06. The average Bonchev–Trinajstić information content (AvgIpc) is 3.23. The van der Waals surface area contributed by atoms with Crippen LogP contribution in [0.3, 0.4) is 0 Å². The van der Waals surface area contributed by atoms with Gasteiger partial charge in [-0.25, -0.2) is 0 Å². The molecule has 0 aromatic rings. The molecule has 0 bridgehead atoms. The lowest BCUT2D eigenvalue weighted by Gasteiger charge is -2.37. The molecule has 0 spiro atoms. The molecular weight excluding hydrogens is 264 g/mol. The zero-order valence-electron chi connectivity index (χ0n) is 11.8. The number of aliphatic hydroxyl groups excluding tert-OH is 1. The molecule has 112 valence electrons. The largest absolute Gasteiger partial charge is 0.395 e. The molecule has 1 atom stereocenters. The molecule has 1 N–H and O–H groups in total. The monoisotopic (exact) mass is 290 g/mol. The Morgan fingerprint density at radius 1 is 1.26 bits per heavy atom. The van der Waals surface area contributed by atoms with E-state index in [1.165, 1.54) is 0 Å². The molecular formula is C13H26N2O3S. The van der Waals surface area contributed by atoms with Crippen LogP contribution >= 0.6 is 0 Å². The maximum atomic E-state index is 12.8. The van der Waals surface area contributed by atoms with E-state index in [0.29, 0.717) is 13.1 Å². The van der Waals surface area contributed by atoms with Crippen molar-refractivity contribution in [3.63, 3.8) is 0 Å². The first kappa shape index (κ1) is 15.2. The highest BCUT2D eigenvalue weighted by molar-refractivity contribution is 7.86. The van der Waals surface area contributed by atoms with Crippen LogP contribution < -0.4 is 0 Å². The van der Waals surface area contributed by atoms with Gasteiger partial charge in [-0.05, 0) is 32.1 Å². The maximum absolute atomic E-state index is 12.8. The number of nitrogens with zero attached hydrogens (tertiary/aromatic N) is 2. The van der Waals surface area contributed by atoms with Crippen molar-refractivity contribution in [2.45, 2.75) is 64.0 Å². The van der Waals surface area contributed by atoms with Gasteiger partial charge in [-0.1, -0.05) is 19.8 Å². The molecule has 2 fully saturated rings. The normalized spacial score (nSPS) is 25.9.